The number of aliphatic hydroxyl groups is 1. The fourth-order valence-corrected chi connectivity index (χ4v) is 4.51. The molecule has 0 spiro atoms. The molecular weight excluding hydrogens is 462 g/mol. The molecule has 0 unspecified atom stereocenters. The zero-order chi connectivity index (χ0) is 25.3. The van der Waals surface area contributed by atoms with Crippen LogP contribution in [0.2, 0.25) is 0 Å². The molecule has 0 aliphatic rings. The Kier molecular flexibility index (Phi) is 9.21. The van der Waals surface area contributed by atoms with Gasteiger partial charge < -0.3 is 9.84 Å². The van der Waals surface area contributed by atoms with Crippen LogP contribution in [0.15, 0.2) is 89.8 Å². The Morgan fingerprint density at radius 3 is 2.20 bits per heavy atom. The highest BCUT2D eigenvalue weighted by atomic mass is 32.2. The largest absolute Gasteiger partial charge is 0.464 e. The highest BCUT2D eigenvalue weighted by Crippen LogP contribution is 2.14. The van der Waals surface area contributed by atoms with Gasteiger partial charge >= 0.3 is 5.97 Å². The molecule has 35 heavy (non-hydrogen) atoms. The summed E-state index contributed by atoms with van der Waals surface area (Å²) in [5.41, 5.74) is 2.56. The average molecular weight is 492 g/mol. The number of aliphatic hydroxyl groups excluding tert-OH is 1. The second kappa shape index (κ2) is 12.3. The maximum absolute atomic E-state index is 12.9. The van der Waals surface area contributed by atoms with Crippen molar-refractivity contribution in [2.24, 2.45) is 5.92 Å². The van der Waals surface area contributed by atoms with E-state index in [1.807, 2.05) is 55.5 Å². The number of nitrogens with one attached hydrogen (secondary N) is 1. The Bertz CT molecular complexity index is 1260. The molecule has 0 fully saturated rings. The van der Waals surface area contributed by atoms with Gasteiger partial charge in [-0.15, -0.1) is 0 Å². The third-order valence-electron chi connectivity index (χ3n) is 5.39. The van der Waals surface area contributed by atoms with Crippen molar-refractivity contribution in [3.8, 4) is 11.8 Å². The summed E-state index contributed by atoms with van der Waals surface area (Å²) in [6, 6.07) is 24.3. The molecule has 0 saturated carbocycles. The van der Waals surface area contributed by atoms with E-state index in [0.717, 1.165) is 16.7 Å². The standard InChI is InChI=1S/C28H29NO5S/c1-21-13-16-26(17-14-21)35(32,33)29-25(19-24-11-7-4-8-12-24)20-34-28(31)22(2)27(30)18-15-23-9-5-3-6-10-23/h3-14,16-17,22,25,27,29-30H,19-20H2,1-2H3/t22-,25-,27-/m0/s1. The number of aryl methyl sites for hydroxylation is 1. The summed E-state index contributed by atoms with van der Waals surface area (Å²) in [6.07, 6.45) is -0.899. The minimum Gasteiger partial charge on any atom is -0.464 e. The minimum absolute atomic E-state index is 0.132. The number of carbonyl (C=O) groups is 1. The molecule has 0 radical (unpaired) electrons. The van der Waals surface area contributed by atoms with Crippen molar-refractivity contribution in [2.45, 2.75) is 37.3 Å². The summed E-state index contributed by atoms with van der Waals surface area (Å²) in [5.74, 6) is 3.93. The lowest BCUT2D eigenvalue weighted by molar-refractivity contribution is -0.151. The van der Waals surface area contributed by atoms with Crippen molar-refractivity contribution in [3.63, 3.8) is 0 Å². The fourth-order valence-electron chi connectivity index (χ4n) is 3.28. The number of hydrogen-bond acceptors (Lipinski definition) is 5. The van der Waals surface area contributed by atoms with Gasteiger partial charge in [-0.2, -0.15) is 0 Å². The molecule has 2 N–H and O–H groups in total. The Balaban J connectivity index is 1.68. The van der Waals surface area contributed by atoms with E-state index in [1.54, 1.807) is 24.3 Å². The lowest BCUT2D eigenvalue weighted by atomic mass is 10.0. The number of ether oxygens (including phenoxy) is 1. The van der Waals surface area contributed by atoms with Crippen molar-refractivity contribution < 1.29 is 23.1 Å². The van der Waals surface area contributed by atoms with E-state index in [1.165, 1.54) is 19.1 Å². The average Bonchev–Trinajstić information content (AvgIpc) is 2.86. The van der Waals surface area contributed by atoms with E-state index < -0.39 is 34.1 Å². The lowest BCUT2D eigenvalue weighted by Crippen LogP contribution is -2.41. The molecule has 0 aliphatic carbocycles. The summed E-state index contributed by atoms with van der Waals surface area (Å²) < 4.78 is 34.0. The first-order chi connectivity index (χ1) is 16.7. The van der Waals surface area contributed by atoms with Gasteiger partial charge in [0, 0.05) is 5.56 Å². The summed E-state index contributed by atoms with van der Waals surface area (Å²) in [7, 11) is -3.83. The van der Waals surface area contributed by atoms with Gasteiger partial charge in [0.25, 0.3) is 0 Å². The zero-order valence-electron chi connectivity index (χ0n) is 19.7. The van der Waals surface area contributed by atoms with Gasteiger partial charge in [-0.05, 0) is 50.1 Å². The van der Waals surface area contributed by atoms with Crippen molar-refractivity contribution in [2.75, 3.05) is 6.61 Å². The van der Waals surface area contributed by atoms with Gasteiger partial charge in [-0.1, -0.05) is 78.1 Å². The van der Waals surface area contributed by atoms with Crippen LogP contribution in [-0.2, 0) is 26.0 Å². The summed E-state index contributed by atoms with van der Waals surface area (Å²) in [5, 5.41) is 10.3. The molecule has 0 saturated heterocycles. The van der Waals surface area contributed by atoms with Gasteiger partial charge in [-0.25, -0.2) is 13.1 Å². The molecule has 7 heteroatoms. The third kappa shape index (κ3) is 8.08. The normalized spacial score (nSPS) is 13.7. The van der Waals surface area contributed by atoms with Gasteiger partial charge in [0.2, 0.25) is 10.0 Å². The smallest absolute Gasteiger partial charge is 0.312 e. The monoisotopic (exact) mass is 491 g/mol. The first kappa shape index (κ1) is 26.2. The second-order valence-electron chi connectivity index (χ2n) is 8.32. The van der Waals surface area contributed by atoms with Crippen molar-refractivity contribution in [1.29, 1.82) is 0 Å². The zero-order valence-corrected chi connectivity index (χ0v) is 20.5. The lowest BCUT2D eigenvalue weighted by Gasteiger charge is -2.21. The van der Waals surface area contributed by atoms with Crippen LogP contribution in [0.1, 0.15) is 23.6 Å². The van der Waals surface area contributed by atoms with E-state index in [9.17, 15) is 18.3 Å². The number of esters is 1. The summed E-state index contributed by atoms with van der Waals surface area (Å²) in [6.45, 7) is 3.21. The van der Waals surface area contributed by atoms with Gasteiger partial charge in [0.05, 0.1) is 16.9 Å². The number of benzene rings is 3. The fraction of sp³-hybridized carbons (Fsp3) is 0.250. The summed E-state index contributed by atoms with van der Waals surface area (Å²) >= 11 is 0. The van der Waals surface area contributed by atoms with Crippen LogP contribution in [-0.4, -0.2) is 38.2 Å². The molecule has 0 bridgehead atoms. The van der Waals surface area contributed by atoms with Gasteiger partial charge in [-0.3, -0.25) is 4.79 Å². The molecule has 0 heterocycles. The van der Waals surface area contributed by atoms with Crippen LogP contribution in [0, 0.1) is 24.7 Å². The quantitative estimate of drug-likeness (QED) is 0.353. The first-order valence-corrected chi connectivity index (χ1v) is 12.8. The van der Waals surface area contributed by atoms with Crippen LogP contribution < -0.4 is 4.72 Å². The first-order valence-electron chi connectivity index (χ1n) is 11.3. The predicted molar refractivity (Wildman–Crippen MR) is 135 cm³/mol. The van der Waals surface area contributed by atoms with E-state index in [0.29, 0.717) is 6.42 Å². The van der Waals surface area contributed by atoms with Crippen molar-refractivity contribution in [3.05, 3.63) is 102 Å². The molecule has 3 rings (SSSR count). The third-order valence-corrected chi connectivity index (χ3v) is 6.92. The maximum Gasteiger partial charge on any atom is 0.312 e. The van der Waals surface area contributed by atoms with Crippen LogP contribution in [0.5, 0.6) is 0 Å². The second-order valence-corrected chi connectivity index (χ2v) is 10.0. The maximum atomic E-state index is 12.9. The Morgan fingerprint density at radius 1 is 0.971 bits per heavy atom. The van der Waals surface area contributed by atoms with Crippen molar-refractivity contribution >= 4 is 16.0 Å². The minimum atomic E-state index is -3.83. The van der Waals surface area contributed by atoms with E-state index in [2.05, 4.69) is 16.6 Å². The SMILES string of the molecule is Cc1ccc(S(=O)(=O)N[C@H](COC(=O)[C@@H](C)[C@@H](O)C#Cc2ccccc2)Cc2ccccc2)cc1. The molecule has 0 aromatic heterocycles. The van der Waals surface area contributed by atoms with Crippen LogP contribution >= 0.6 is 0 Å². The van der Waals surface area contributed by atoms with Gasteiger partial charge in [0.1, 0.15) is 12.7 Å². The molecule has 6 nitrogen and oxygen atoms in total. The van der Waals surface area contributed by atoms with Crippen molar-refractivity contribution in [1.82, 2.24) is 4.72 Å². The highest BCUT2D eigenvalue weighted by molar-refractivity contribution is 7.89. The molecule has 0 aliphatic heterocycles. The number of hydrogen-bond donors (Lipinski definition) is 2. The Morgan fingerprint density at radius 2 is 1.57 bits per heavy atom. The van der Waals surface area contributed by atoms with E-state index >= 15 is 0 Å². The van der Waals surface area contributed by atoms with Crippen LogP contribution in [0.4, 0.5) is 0 Å². The molecular formula is C28H29NO5S. The number of rotatable bonds is 9. The topological polar surface area (TPSA) is 92.7 Å². The van der Waals surface area contributed by atoms with Crippen LogP contribution in [0.25, 0.3) is 0 Å². The Labute approximate surface area is 207 Å². The molecule has 3 aromatic rings. The Hall–Kier alpha value is -3.44. The molecule has 182 valence electrons. The molecule has 3 aromatic carbocycles. The highest BCUT2D eigenvalue weighted by Gasteiger charge is 2.26. The molecule has 0 amide bonds. The number of sulfonamides is 1. The van der Waals surface area contributed by atoms with Gasteiger partial charge in [0.15, 0.2) is 0 Å². The molecule has 3 atom stereocenters. The number of carbonyl (C=O) groups excluding carboxylic acids is 1. The summed E-state index contributed by atoms with van der Waals surface area (Å²) in [4.78, 5) is 12.7. The predicted octanol–water partition coefficient (Wildman–Crippen LogP) is 3.48. The van der Waals surface area contributed by atoms with E-state index in [4.69, 9.17) is 4.74 Å². The van der Waals surface area contributed by atoms with Crippen LogP contribution in [0.3, 0.4) is 0 Å². The van der Waals surface area contributed by atoms with E-state index in [-0.39, 0.29) is 11.5 Å².